The molecule has 0 aromatic heterocycles. The van der Waals surface area contributed by atoms with E-state index in [4.69, 9.17) is 11.5 Å². The van der Waals surface area contributed by atoms with Crippen molar-refractivity contribution in [2.45, 2.75) is 37.0 Å². The second-order valence-corrected chi connectivity index (χ2v) is 7.78. The molecular formula is C16H21N3O3S. The minimum absolute atomic E-state index is 0.135. The number of guanidine groups is 1. The van der Waals surface area contributed by atoms with Crippen LogP contribution >= 0.6 is 0 Å². The average Bonchev–Trinajstić information content (AvgIpc) is 2.45. The third-order valence-electron chi connectivity index (χ3n) is 3.93. The van der Waals surface area contributed by atoms with E-state index >= 15 is 0 Å². The Balaban J connectivity index is 2.61. The van der Waals surface area contributed by atoms with Crippen molar-refractivity contribution < 1.29 is 13.2 Å². The number of amides is 1. The molecule has 0 spiro atoms. The van der Waals surface area contributed by atoms with Crippen molar-refractivity contribution in [1.82, 2.24) is 0 Å². The molecular weight excluding hydrogens is 314 g/mol. The Morgan fingerprint density at radius 3 is 2.48 bits per heavy atom. The lowest BCUT2D eigenvalue weighted by atomic mass is 9.86. The number of nitrogens with two attached hydrogens (primary N) is 2. The number of aryl methyl sites for hydroxylation is 1. The zero-order valence-electron chi connectivity index (χ0n) is 13.2. The number of aliphatic imine (C=N–C) groups is 1. The van der Waals surface area contributed by atoms with E-state index in [2.05, 4.69) is 17.1 Å². The van der Waals surface area contributed by atoms with Gasteiger partial charge in [0.05, 0.1) is 4.90 Å². The van der Waals surface area contributed by atoms with Crippen LogP contribution in [0, 0.1) is 6.92 Å². The number of hydrogen-bond acceptors (Lipinski definition) is 3. The number of nitrogens with zero attached hydrogens (tertiary/aromatic N) is 1. The standard InChI is InChI=1S/C16H21N3O3S/c1-10-8-13(11-6-4-3-5-7-11)14(23(2,21)22)9-12(10)15(20)19-16(17)18/h3-4,8-9,11H,5-7H2,1-2H3,(H4,17,18,19,20). The molecule has 124 valence electrons. The molecule has 1 aromatic carbocycles. The lowest BCUT2D eigenvalue weighted by Gasteiger charge is -2.22. The predicted molar refractivity (Wildman–Crippen MR) is 90.2 cm³/mol. The van der Waals surface area contributed by atoms with Crippen LogP contribution in [-0.2, 0) is 9.84 Å². The summed E-state index contributed by atoms with van der Waals surface area (Å²) >= 11 is 0. The molecule has 0 aliphatic heterocycles. The fraction of sp³-hybridized carbons (Fsp3) is 0.375. The van der Waals surface area contributed by atoms with Gasteiger partial charge in [-0.05, 0) is 49.3 Å². The smallest absolute Gasteiger partial charge is 0.280 e. The highest BCUT2D eigenvalue weighted by Crippen LogP contribution is 2.35. The van der Waals surface area contributed by atoms with Crippen molar-refractivity contribution in [1.29, 1.82) is 0 Å². The Kier molecular flexibility index (Phi) is 4.89. The van der Waals surface area contributed by atoms with Crippen molar-refractivity contribution in [3.8, 4) is 0 Å². The maximum absolute atomic E-state index is 12.2. The Hall–Kier alpha value is -2.15. The number of hydrogen-bond donors (Lipinski definition) is 2. The van der Waals surface area contributed by atoms with Crippen LogP contribution in [0.5, 0.6) is 0 Å². The first-order valence-electron chi connectivity index (χ1n) is 7.33. The summed E-state index contributed by atoms with van der Waals surface area (Å²) in [5.74, 6) is -0.852. The molecule has 0 saturated heterocycles. The first-order chi connectivity index (χ1) is 10.7. The van der Waals surface area contributed by atoms with Gasteiger partial charge in [-0.2, -0.15) is 4.99 Å². The van der Waals surface area contributed by atoms with Crippen molar-refractivity contribution in [2.75, 3.05) is 6.26 Å². The van der Waals surface area contributed by atoms with Crippen LogP contribution in [-0.4, -0.2) is 26.5 Å². The summed E-state index contributed by atoms with van der Waals surface area (Å²) in [6.45, 7) is 1.75. The normalized spacial score (nSPS) is 17.7. The molecule has 0 saturated carbocycles. The summed E-state index contributed by atoms with van der Waals surface area (Å²) in [4.78, 5) is 15.8. The third kappa shape index (κ3) is 3.98. The lowest BCUT2D eigenvalue weighted by Crippen LogP contribution is -2.24. The molecule has 2 rings (SSSR count). The monoisotopic (exact) mass is 335 g/mol. The van der Waals surface area contributed by atoms with Gasteiger partial charge in [0.1, 0.15) is 0 Å². The molecule has 1 aliphatic carbocycles. The van der Waals surface area contributed by atoms with Gasteiger partial charge in [0, 0.05) is 11.8 Å². The van der Waals surface area contributed by atoms with E-state index in [0.29, 0.717) is 5.56 Å². The number of allylic oxidation sites excluding steroid dienone is 2. The maximum atomic E-state index is 12.2. The summed E-state index contributed by atoms with van der Waals surface area (Å²) in [5.41, 5.74) is 12.1. The Morgan fingerprint density at radius 1 is 1.26 bits per heavy atom. The quantitative estimate of drug-likeness (QED) is 0.495. The van der Waals surface area contributed by atoms with E-state index in [9.17, 15) is 13.2 Å². The molecule has 1 atom stereocenters. The minimum Gasteiger partial charge on any atom is -0.370 e. The minimum atomic E-state index is -3.47. The molecule has 7 heteroatoms. The van der Waals surface area contributed by atoms with Gasteiger partial charge >= 0.3 is 0 Å². The van der Waals surface area contributed by atoms with Gasteiger partial charge < -0.3 is 11.5 Å². The van der Waals surface area contributed by atoms with Crippen LogP contribution in [0.1, 0.15) is 46.7 Å². The van der Waals surface area contributed by atoms with Crippen molar-refractivity contribution in [2.24, 2.45) is 16.5 Å². The van der Waals surface area contributed by atoms with Crippen molar-refractivity contribution in [3.63, 3.8) is 0 Å². The second kappa shape index (κ2) is 6.54. The van der Waals surface area contributed by atoms with Crippen LogP contribution in [0.25, 0.3) is 0 Å². The number of rotatable bonds is 3. The van der Waals surface area contributed by atoms with Crippen LogP contribution in [0.2, 0.25) is 0 Å². The van der Waals surface area contributed by atoms with E-state index in [1.807, 2.05) is 0 Å². The number of sulfone groups is 1. The van der Waals surface area contributed by atoms with Crippen LogP contribution in [0.4, 0.5) is 0 Å². The first kappa shape index (κ1) is 17.2. The van der Waals surface area contributed by atoms with E-state index in [-0.39, 0.29) is 22.3 Å². The number of carbonyl (C=O) groups is 1. The first-order valence-corrected chi connectivity index (χ1v) is 9.23. The van der Waals surface area contributed by atoms with E-state index in [1.165, 1.54) is 6.07 Å². The Morgan fingerprint density at radius 2 is 1.96 bits per heavy atom. The molecule has 6 nitrogen and oxygen atoms in total. The van der Waals surface area contributed by atoms with Crippen molar-refractivity contribution >= 4 is 21.7 Å². The van der Waals surface area contributed by atoms with Gasteiger partial charge in [0.25, 0.3) is 5.91 Å². The topological polar surface area (TPSA) is 116 Å². The Bertz CT molecular complexity index is 791. The molecule has 1 unspecified atom stereocenters. The molecule has 0 radical (unpaired) electrons. The number of benzene rings is 1. The van der Waals surface area contributed by atoms with Gasteiger partial charge in [0.2, 0.25) is 0 Å². The highest BCUT2D eigenvalue weighted by Gasteiger charge is 2.24. The van der Waals surface area contributed by atoms with Crippen LogP contribution in [0.3, 0.4) is 0 Å². The maximum Gasteiger partial charge on any atom is 0.280 e. The zero-order chi connectivity index (χ0) is 17.2. The van der Waals surface area contributed by atoms with E-state index in [0.717, 1.165) is 31.1 Å². The zero-order valence-corrected chi connectivity index (χ0v) is 14.1. The Labute approximate surface area is 136 Å². The third-order valence-corrected chi connectivity index (χ3v) is 5.08. The van der Waals surface area contributed by atoms with Gasteiger partial charge in [0.15, 0.2) is 15.8 Å². The summed E-state index contributed by atoms with van der Waals surface area (Å²) < 4.78 is 24.4. The summed E-state index contributed by atoms with van der Waals surface area (Å²) in [6, 6.07) is 3.17. The summed E-state index contributed by atoms with van der Waals surface area (Å²) in [6.07, 6.45) is 7.91. The lowest BCUT2D eigenvalue weighted by molar-refractivity contribution is 0.100. The van der Waals surface area contributed by atoms with E-state index in [1.54, 1.807) is 13.0 Å². The fourth-order valence-electron chi connectivity index (χ4n) is 2.83. The molecule has 1 aromatic rings. The molecule has 1 aliphatic rings. The molecule has 0 bridgehead atoms. The SMILES string of the molecule is Cc1cc(C2CC=CCC2)c(S(C)(=O)=O)cc1C(=O)N=C(N)N. The van der Waals surface area contributed by atoms with Crippen LogP contribution in [0.15, 0.2) is 34.2 Å². The molecule has 4 N–H and O–H groups in total. The van der Waals surface area contributed by atoms with Crippen molar-refractivity contribution in [3.05, 3.63) is 41.0 Å². The molecule has 0 heterocycles. The largest absolute Gasteiger partial charge is 0.370 e. The summed E-state index contributed by atoms with van der Waals surface area (Å²) in [7, 11) is -3.47. The average molecular weight is 335 g/mol. The van der Waals surface area contributed by atoms with Gasteiger partial charge in [-0.1, -0.05) is 18.2 Å². The number of carbonyl (C=O) groups excluding carboxylic acids is 1. The predicted octanol–water partition coefficient (Wildman–Crippen LogP) is 1.64. The highest BCUT2D eigenvalue weighted by atomic mass is 32.2. The van der Waals surface area contributed by atoms with Gasteiger partial charge in [-0.3, -0.25) is 4.79 Å². The highest BCUT2D eigenvalue weighted by molar-refractivity contribution is 7.90. The fourth-order valence-corrected chi connectivity index (χ4v) is 3.82. The van der Waals surface area contributed by atoms with Gasteiger partial charge in [-0.15, -0.1) is 0 Å². The van der Waals surface area contributed by atoms with Gasteiger partial charge in [-0.25, -0.2) is 8.42 Å². The van der Waals surface area contributed by atoms with E-state index < -0.39 is 15.7 Å². The van der Waals surface area contributed by atoms with Crippen LogP contribution < -0.4 is 11.5 Å². The molecule has 23 heavy (non-hydrogen) atoms. The second-order valence-electron chi connectivity index (χ2n) is 5.80. The summed E-state index contributed by atoms with van der Waals surface area (Å²) in [5, 5.41) is 0. The molecule has 1 amide bonds. The molecule has 0 fully saturated rings.